The van der Waals surface area contributed by atoms with E-state index in [1.165, 1.54) is 0 Å². The maximum absolute atomic E-state index is 8.28. The van der Waals surface area contributed by atoms with Crippen molar-refractivity contribution in [3.05, 3.63) is 12.3 Å². The molecule has 1 N–H and O–H groups in total. The van der Waals surface area contributed by atoms with Crippen LogP contribution in [0, 0.1) is 11.3 Å². The Morgan fingerprint density at radius 2 is 2.64 bits per heavy atom. The summed E-state index contributed by atoms with van der Waals surface area (Å²) in [6.07, 6.45) is 5.07. The Morgan fingerprint density at radius 3 is 3.18 bits per heavy atom. The molecule has 0 saturated heterocycles. The molecule has 0 radical (unpaired) electrons. The molecule has 1 unspecified atom stereocenters. The van der Waals surface area contributed by atoms with E-state index in [9.17, 15) is 0 Å². The van der Waals surface area contributed by atoms with E-state index in [4.69, 9.17) is 10.00 Å². The van der Waals surface area contributed by atoms with E-state index in [0.29, 0.717) is 13.0 Å². The van der Waals surface area contributed by atoms with Gasteiger partial charge in [0, 0.05) is 19.4 Å². The van der Waals surface area contributed by atoms with Gasteiger partial charge in [-0.1, -0.05) is 0 Å². The zero-order valence-electron chi connectivity index (χ0n) is 6.63. The van der Waals surface area contributed by atoms with Crippen LogP contribution in [-0.4, -0.2) is 12.3 Å². The number of ether oxygens (including phenoxy) is 1. The second kappa shape index (κ2) is 3.40. The third-order valence-electron chi connectivity index (χ3n) is 1.67. The van der Waals surface area contributed by atoms with Gasteiger partial charge >= 0.3 is 0 Å². The van der Waals surface area contributed by atoms with Gasteiger partial charge in [0.05, 0.1) is 12.3 Å². The van der Waals surface area contributed by atoms with Crippen molar-refractivity contribution >= 4 is 0 Å². The van der Waals surface area contributed by atoms with Crippen molar-refractivity contribution in [1.82, 2.24) is 5.32 Å². The van der Waals surface area contributed by atoms with Gasteiger partial charge < -0.3 is 4.74 Å². The molecule has 0 aromatic rings. The molecule has 1 rings (SSSR count). The normalized spacial score (nSPS) is 28.0. The van der Waals surface area contributed by atoms with Crippen molar-refractivity contribution in [3.8, 4) is 6.07 Å². The minimum atomic E-state index is -0.267. The summed E-state index contributed by atoms with van der Waals surface area (Å²) >= 11 is 0. The van der Waals surface area contributed by atoms with Crippen LogP contribution >= 0.6 is 0 Å². The number of rotatable bonds is 3. The summed E-state index contributed by atoms with van der Waals surface area (Å²) in [6.45, 7) is 2.67. The lowest BCUT2D eigenvalue weighted by Crippen LogP contribution is -2.41. The van der Waals surface area contributed by atoms with Gasteiger partial charge in [0.25, 0.3) is 0 Å². The van der Waals surface area contributed by atoms with Crippen molar-refractivity contribution in [1.29, 1.82) is 5.26 Å². The molecular weight excluding hydrogens is 140 g/mol. The van der Waals surface area contributed by atoms with Crippen LogP contribution in [0.5, 0.6) is 0 Å². The van der Waals surface area contributed by atoms with Gasteiger partial charge in [0.2, 0.25) is 0 Å². The summed E-state index contributed by atoms with van der Waals surface area (Å²) in [7, 11) is 0. The Bertz CT molecular complexity index is 185. The highest BCUT2D eigenvalue weighted by Crippen LogP contribution is 2.18. The van der Waals surface area contributed by atoms with E-state index in [1.54, 1.807) is 6.26 Å². The summed E-state index contributed by atoms with van der Waals surface area (Å²) in [6, 6.07) is 2.07. The monoisotopic (exact) mass is 152 g/mol. The lowest BCUT2D eigenvalue weighted by Gasteiger charge is -2.24. The number of hydrogen-bond acceptors (Lipinski definition) is 3. The SMILES string of the molecule is CC1(NCCC#N)CC=CO1. The summed E-state index contributed by atoms with van der Waals surface area (Å²) < 4.78 is 5.29. The average Bonchev–Trinajstić information content (AvgIpc) is 2.38. The Hall–Kier alpha value is -1.01. The molecule has 0 amide bonds. The van der Waals surface area contributed by atoms with Crippen molar-refractivity contribution in [2.45, 2.75) is 25.5 Å². The molecule has 60 valence electrons. The maximum atomic E-state index is 8.28. The van der Waals surface area contributed by atoms with Crippen molar-refractivity contribution < 1.29 is 4.74 Å². The number of nitriles is 1. The Labute approximate surface area is 66.7 Å². The van der Waals surface area contributed by atoms with Gasteiger partial charge in [-0.2, -0.15) is 5.26 Å². The molecule has 0 spiro atoms. The van der Waals surface area contributed by atoms with E-state index in [1.807, 2.05) is 13.0 Å². The van der Waals surface area contributed by atoms with Gasteiger partial charge in [-0.05, 0) is 13.0 Å². The maximum Gasteiger partial charge on any atom is 0.160 e. The zero-order valence-corrected chi connectivity index (χ0v) is 6.63. The molecule has 0 aromatic heterocycles. The fourth-order valence-electron chi connectivity index (χ4n) is 1.02. The summed E-state index contributed by atoms with van der Waals surface area (Å²) in [5, 5.41) is 11.4. The first-order valence-corrected chi connectivity index (χ1v) is 3.72. The Balaban J connectivity index is 2.21. The first-order chi connectivity index (χ1) is 5.27. The van der Waals surface area contributed by atoms with Crippen LogP contribution in [0.15, 0.2) is 12.3 Å². The third-order valence-corrected chi connectivity index (χ3v) is 1.67. The molecule has 0 saturated carbocycles. The van der Waals surface area contributed by atoms with E-state index < -0.39 is 0 Å². The molecule has 0 bridgehead atoms. The van der Waals surface area contributed by atoms with Crippen LogP contribution < -0.4 is 5.32 Å². The molecule has 3 nitrogen and oxygen atoms in total. The van der Waals surface area contributed by atoms with Crippen LogP contribution in [0.3, 0.4) is 0 Å². The minimum absolute atomic E-state index is 0.267. The minimum Gasteiger partial charge on any atom is -0.481 e. The Kier molecular flexibility index (Phi) is 2.50. The average molecular weight is 152 g/mol. The lowest BCUT2D eigenvalue weighted by molar-refractivity contribution is 0.0300. The van der Waals surface area contributed by atoms with E-state index in [2.05, 4.69) is 11.4 Å². The fourth-order valence-corrected chi connectivity index (χ4v) is 1.02. The first-order valence-electron chi connectivity index (χ1n) is 3.72. The zero-order chi connectivity index (χ0) is 8.16. The largest absolute Gasteiger partial charge is 0.481 e. The highest BCUT2D eigenvalue weighted by atomic mass is 16.5. The van der Waals surface area contributed by atoms with Crippen LogP contribution in [0.1, 0.15) is 19.8 Å². The van der Waals surface area contributed by atoms with Gasteiger partial charge in [-0.25, -0.2) is 0 Å². The molecular formula is C8H12N2O. The van der Waals surface area contributed by atoms with E-state index >= 15 is 0 Å². The summed E-state index contributed by atoms with van der Waals surface area (Å²) in [5.41, 5.74) is -0.267. The summed E-state index contributed by atoms with van der Waals surface area (Å²) in [5.74, 6) is 0. The molecule has 3 heteroatoms. The molecule has 1 atom stereocenters. The molecule has 11 heavy (non-hydrogen) atoms. The van der Waals surface area contributed by atoms with Crippen LogP contribution in [0.4, 0.5) is 0 Å². The van der Waals surface area contributed by atoms with Crippen LogP contribution in [0.2, 0.25) is 0 Å². The molecule has 0 aromatic carbocycles. The van der Waals surface area contributed by atoms with Crippen LogP contribution in [0.25, 0.3) is 0 Å². The van der Waals surface area contributed by atoms with Crippen LogP contribution in [-0.2, 0) is 4.74 Å². The van der Waals surface area contributed by atoms with Gasteiger partial charge in [-0.3, -0.25) is 5.32 Å². The second-order valence-corrected chi connectivity index (χ2v) is 2.76. The number of nitrogens with zero attached hydrogens (tertiary/aromatic N) is 1. The summed E-state index contributed by atoms with van der Waals surface area (Å²) in [4.78, 5) is 0. The number of hydrogen-bond donors (Lipinski definition) is 1. The van der Waals surface area contributed by atoms with Gasteiger partial charge in [0.1, 0.15) is 0 Å². The smallest absolute Gasteiger partial charge is 0.160 e. The quantitative estimate of drug-likeness (QED) is 0.617. The molecule has 1 heterocycles. The number of nitrogens with one attached hydrogen (secondary N) is 1. The Morgan fingerprint density at radius 1 is 1.82 bits per heavy atom. The topological polar surface area (TPSA) is 45.0 Å². The standard InChI is InChI=1S/C8H12N2O/c1-8(4-2-7-11-8)10-6-3-5-9/h2,7,10H,3-4,6H2,1H3. The second-order valence-electron chi connectivity index (χ2n) is 2.76. The molecule has 0 aliphatic carbocycles. The fraction of sp³-hybridized carbons (Fsp3) is 0.625. The lowest BCUT2D eigenvalue weighted by atomic mass is 10.2. The van der Waals surface area contributed by atoms with E-state index in [0.717, 1.165) is 6.42 Å². The van der Waals surface area contributed by atoms with Crippen molar-refractivity contribution in [3.63, 3.8) is 0 Å². The van der Waals surface area contributed by atoms with Crippen molar-refractivity contribution in [2.24, 2.45) is 0 Å². The molecule has 1 aliphatic rings. The van der Waals surface area contributed by atoms with Gasteiger partial charge in [-0.15, -0.1) is 0 Å². The molecule has 1 aliphatic heterocycles. The van der Waals surface area contributed by atoms with E-state index in [-0.39, 0.29) is 5.72 Å². The third kappa shape index (κ3) is 2.24. The first kappa shape index (κ1) is 8.09. The van der Waals surface area contributed by atoms with Gasteiger partial charge in [0.15, 0.2) is 5.72 Å². The highest BCUT2D eigenvalue weighted by molar-refractivity contribution is 4.93. The van der Waals surface area contributed by atoms with Crippen molar-refractivity contribution in [2.75, 3.05) is 6.54 Å². The molecule has 0 fully saturated rings. The highest BCUT2D eigenvalue weighted by Gasteiger charge is 2.25. The predicted molar refractivity (Wildman–Crippen MR) is 41.5 cm³/mol. The predicted octanol–water partition coefficient (Wildman–Crippen LogP) is 1.14.